The van der Waals surface area contributed by atoms with Gasteiger partial charge in [0.2, 0.25) is 11.8 Å². The molecule has 0 saturated carbocycles. The molecule has 142 valence electrons. The summed E-state index contributed by atoms with van der Waals surface area (Å²) < 4.78 is 0. The Morgan fingerprint density at radius 1 is 1.23 bits per heavy atom. The van der Waals surface area contributed by atoms with Crippen molar-refractivity contribution < 1.29 is 9.59 Å². The van der Waals surface area contributed by atoms with Crippen molar-refractivity contribution in [3.63, 3.8) is 0 Å². The van der Waals surface area contributed by atoms with Crippen molar-refractivity contribution in [3.8, 4) is 0 Å². The SMILES string of the molecule is CCN1C[C@]2(CC1=O)CN(Cc1ccccn1)CCN(C(=O)C(C)C)C2. The van der Waals surface area contributed by atoms with Crippen LogP contribution in [-0.2, 0) is 16.1 Å². The van der Waals surface area contributed by atoms with Crippen LogP contribution in [0.2, 0.25) is 0 Å². The fraction of sp³-hybridized carbons (Fsp3) is 0.650. The van der Waals surface area contributed by atoms with Crippen molar-refractivity contribution in [2.45, 2.75) is 33.7 Å². The zero-order valence-corrected chi connectivity index (χ0v) is 16.1. The Balaban J connectivity index is 1.82. The fourth-order valence-electron chi connectivity index (χ4n) is 4.24. The van der Waals surface area contributed by atoms with Crippen molar-refractivity contribution in [2.75, 3.05) is 39.3 Å². The normalized spacial score (nSPS) is 24.5. The number of nitrogens with zero attached hydrogens (tertiary/aromatic N) is 4. The molecule has 0 bridgehead atoms. The molecule has 1 atom stereocenters. The first-order valence-corrected chi connectivity index (χ1v) is 9.61. The predicted octanol–water partition coefficient (Wildman–Crippen LogP) is 1.62. The minimum Gasteiger partial charge on any atom is -0.342 e. The Labute approximate surface area is 156 Å². The smallest absolute Gasteiger partial charge is 0.225 e. The largest absolute Gasteiger partial charge is 0.342 e. The molecule has 0 aromatic carbocycles. The summed E-state index contributed by atoms with van der Waals surface area (Å²) in [6, 6.07) is 5.96. The molecule has 1 spiro atoms. The van der Waals surface area contributed by atoms with Gasteiger partial charge < -0.3 is 9.80 Å². The summed E-state index contributed by atoms with van der Waals surface area (Å²) in [6.07, 6.45) is 2.34. The van der Waals surface area contributed by atoms with E-state index in [-0.39, 0.29) is 23.1 Å². The van der Waals surface area contributed by atoms with Gasteiger partial charge in [-0.05, 0) is 19.1 Å². The van der Waals surface area contributed by atoms with E-state index in [1.54, 1.807) is 0 Å². The summed E-state index contributed by atoms with van der Waals surface area (Å²) in [5.41, 5.74) is 0.853. The highest BCUT2D eigenvalue weighted by Crippen LogP contribution is 2.35. The molecule has 1 aromatic rings. The van der Waals surface area contributed by atoms with Gasteiger partial charge in [0.25, 0.3) is 0 Å². The molecule has 0 unspecified atom stereocenters. The topological polar surface area (TPSA) is 56.8 Å². The van der Waals surface area contributed by atoms with Crippen LogP contribution in [-0.4, -0.2) is 70.8 Å². The molecule has 3 heterocycles. The quantitative estimate of drug-likeness (QED) is 0.821. The summed E-state index contributed by atoms with van der Waals surface area (Å²) in [7, 11) is 0. The fourth-order valence-corrected chi connectivity index (χ4v) is 4.24. The molecule has 6 heteroatoms. The minimum atomic E-state index is -0.178. The third-order valence-corrected chi connectivity index (χ3v) is 5.48. The zero-order valence-electron chi connectivity index (χ0n) is 16.1. The highest BCUT2D eigenvalue weighted by atomic mass is 16.2. The van der Waals surface area contributed by atoms with Crippen molar-refractivity contribution >= 4 is 11.8 Å². The number of pyridine rings is 1. The molecule has 2 amide bonds. The van der Waals surface area contributed by atoms with Crippen LogP contribution in [0.1, 0.15) is 32.9 Å². The number of rotatable bonds is 4. The molecular formula is C20H30N4O2. The molecule has 26 heavy (non-hydrogen) atoms. The summed E-state index contributed by atoms with van der Waals surface area (Å²) in [4.78, 5) is 35.9. The third-order valence-electron chi connectivity index (χ3n) is 5.48. The second-order valence-corrected chi connectivity index (χ2v) is 8.03. The van der Waals surface area contributed by atoms with E-state index in [1.807, 2.05) is 55.0 Å². The van der Waals surface area contributed by atoms with Crippen LogP contribution in [0.4, 0.5) is 0 Å². The number of aromatic nitrogens is 1. The number of hydrogen-bond acceptors (Lipinski definition) is 4. The molecule has 0 aliphatic carbocycles. The van der Waals surface area contributed by atoms with Gasteiger partial charge in [0.05, 0.1) is 5.69 Å². The maximum absolute atomic E-state index is 12.7. The lowest BCUT2D eigenvalue weighted by Crippen LogP contribution is -2.45. The van der Waals surface area contributed by atoms with Crippen LogP contribution in [0.15, 0.2) is 24.4 Å². The lowest BCUT2D eigenvalue weighted by atomic mass is 9.85. The molecule has 2 aliphatic rings. The number of amides is 2. The Morgan fingerprint density at radius 3 is 2.65 bits per heavy atom. The van der Waals surface area contributed by atoms with E-state index in [0.29, 0.717) is 19.5 Å². The Hall–Kier alpha value is -1.95. The maximum Gasteiger partial charge on any atom is 0.225 e. The van der Waals surface area contributed by atoms with Crippen LogP contribution in [0.3, 0.4) is 0 Å². The molecule has 2 fully saturated rings. The lowest BCUT2D eigenvalue weighted by Gasteiger charge is -2.34. The predicted molar refractivity (Wildman–Crippen MR) is 100 cm³/mol. The Kier molecular flexibility index (Phi) is 5.61. The second-order valence-electron chi connectivity index (χ2n) is 8.03. The molecule has 1 aromatic heterocycles. The molecule has 3 rings (SSSR count). The molecule has 2 saturated heterocycles. The summed E-state index contributed by atoms with van der Waals surface area (Å²) >= 11 is 0. The lowest BCUT2D eigenvalue weighted by molar-refractivity contribution is -0.135. The van der Waals surface area contributed by atoms with E-state index in [1.165, 1.54) is 0 Å². The highest BCUT2D eigenvalue weighted by molar-refractivity contribution is 5.81. The number of carbonyl (C=O) groups excluding carboxylic acids is 2. The van der Waals surface area contributed by atoms with E-state index in [0.717, 1.165) is 38.4 Å². The standard InChI is InChI=1S/C20H30N4O2/c1-4-23-14-20(11-18(23)25)13-22(12-17-7-5-6-8-21-17)9-10-24(15-20)19(26)16(2)3/h5-8,16H,4,9-15H2,1-3H3/t20-/m0/s1. The van der Waals surface area contributed by atoms with E-state index in [2.05, 4.69) is 9.88 Å². The molecule has 0 radical (unpaired) electrons. The van der Waals surface area contributed by atoms with E-state index < -0.39 is 0 Å². The van der Waals surface area contributed by atoms with Crippen LogP contribution >= 0.6 is 0 Å². The van der Waals surface area contributed by atoms with Gasteiger partial charge in [0, 0.05) is 69.8 Å². The molecule has 2 aliphatic heterocycles. The van der Waals surface area contributed by atoms with Gasteiger partial charge in [-0.1, -0.05) is 19.9 Å². The first-order chi connectivity index (χ1) is 12.4. The first kappa shape index (κ1) is 18.8. The monoisotopic (exact) mass is 358 g/mol. The van der Waals surface area contributed by atoms with Crippen molar-refractivity contribution in [2.24, 2.45) is 11.3 Å². The van der Waals surface area contributed by atoms with Crippen molar-refractivity contribution in [3.05, 3.63) is 30.1 Å². The van der Waals surface area contributed by atoms with Gasteiger partial charge in [-0.15, -0.1) is 0 Å². The number of hydrogen-bond donors (Lipinski definition) is 0. The molecule has 6 nitrogen and oxygen atoms in total. The number of carbonyl (C=O) groups is 2. The van der Waals surface area contributed by atoms with Gasteiger partial charge in [-0.2, -0.15) is 0 Å². The van der Waals surface area contributed by atoms with E-state index in [4.69, 9.17) is 0 Å². The van der Waals surface area contributed by atoms with E-state index >= 15 is 0 Å². The minimum absolute atomic E-state index is 0.0197. The van der Waals surface area contributed by atoms with Crippen LogP contribution in [0, 0.1) is 11.3 Å². The average Bonchev–Trinajstić information content (AvgIpc) is 2.82. The Morgan fingerprint density at radius 2 is 2.04 bits per heavy atom. The van der Waals surface area contributed by atoms with Crippen LogP contribution in [0.5, 0.6) is 0 Å². The van der Waals surface area contributed by atoms with Gasteiger partial charge in [0.1, 0.15) is 0 Å². The van der Waals surface area contributed by atoms with Crippen LogP contribution < -0.4 is 0 Å². The van der Waals surface area contributed by atoms with Gasteiger partial charge >= 0.3 is 0 Å². The van der Waals surface area contributed by atoms with E-state index in [9.17, 15) is 9.59 Å². The molecule has 0 N–H and O–H groups in total. The van der Waals surface area contributed by atoms with Gasteiger partial charge in [0.15, 0.2) is 0 Å². The number of likely N-dealkylation sites (tertiary alicyclic amines) is 1. The van der Waals surface area contributed by atoms with Crippen molar-refractivity contribution in [1.29, 1.82) is 0 Å². The third kappa shape index (κ3) is 4.06. The molecular weight excluding hydrogens is 328 g/mol. The zero-order chi connectivity index (χ0) is 18.7. The van der Waals surface area contributed by atoms with Gasteiger partial charge in [-0.3, -0.25) is 19.5 Å². The maximum atomic E-state index is 12.7. The van der Waals surface area contributed by atoms with Crippen LogP contribution in [0.25, 0.3) is 0 Å². The summed E-state index contributed by atoms with van der Waals surface area (Å²) in [5.74, 6) is 0.379. The van der Waals surface area contributed by atoms with Gasteiger partial charge in [-0.25, -0.2) is 0 Å². The van der Waals surface area contributed by atoms with Crippen molar-refractivity contribution in [1.82, 2.24) is 19.7 Å². The Bertz CT molecular complexity index is 648. The second kappa shape index (κ2) is 7.74. The average molecular weight is 358 g/mol. The summed E-state index contributed by atoms with van der Waals surface area (Å²) in [5, 5.41) is 0. The highest BCUT2D eigenvalue weighted by Gasteiger charge is 2.46. The summed E-state index contributed by atoms with van der Waals surface area (Å²) in [6.45, 7) is 11.2. The first-order valence-electron chi connectivity index (χ1n) is 9.61.